The van der Waals surface area contributed by atoms with Gasteiger partial charge in [-0.2, -0.15) is 0 Å². The van der Waals surface area contributed by atoms with E-state index in [-0.39, 0.29) is 6.04 Å². The summed E-state index contributed by atoms with van der Waals surface area (Å²) in [5, 5.41) is 0. The number of hydrogen-bond acceptors (Lipinski definition) is 4. The maximum absolute atomic E-state index is 5.90. The van der Waals surface area contributed by atoms with E-state index >= 15 is 0 Å². The van der Waals surface area contributed by atoms with E-state index in [2.05, 4.69) is 4.98 Å². The second-order valence-electron chi connectivity index (χ2n) is 5.11. The quantitative estimate of drug-likeness (QED) is 0.850. The summed E-state index contributed by atoms with van der Waals surface area (Å²) < 4.78 is 11.2. The lowest BCUT2D eigenvalue weighted by atomic mass is 10.1. The van der Waals surface area contributed by atoms with Crippen molar-refractivity contribution in [2.75, 3.05) is 13.7 Å². The first-order valence-corrected chi connectivity index (χ1v) is 7.13. The molecule has 112 valence electrons. The fourth-order valence-electron chi connectivity index (χ4n) is 2.15. The SMILES string of the molecule is COc1ccc(OCCc2cccnc2)c(CC(C)N)c1. The van der Waals surface area contributed by atoms with Crippen LogP contribution in [0.25, 0.3) is 0 Å². The fraction of sp³-hybridized carbons (Fsp3) is 0.353. The Balaban J connectivity index is 2.01. The summed E-state index contributed by atoms with van der Waals surface area (Å²) in [6, 6.07) is 9.90. The Labute approximate surface area is 125 Å². The van der Waals surface area contributed by atoms with Crippen molar-refractivity contribution in [3.63, 3.8) is 0 Å². The zero-order valence-electron chi connectivity index (χ0n) is 12.6. The highest BCUT2D eigenvalue weighted by atomic mass is 16.5. The molecule has 0 saturated carbocycles. The summed E-state index contributed by atoms with van der Waals surface area (Å²) in [4.78, 5) is 4.10. The molecule has 0 aliphatic heterocycles. The molecule has 0 spiro atoms. The molecule has 0 radical (unpaired) electrons. The average Bonchev–Trinajstić information content (AvgIpc) is 2.49. The van der Waals surface area contributed by atoms with E-state index in [1.807, 2.05) is 43.5 Å². The molecule has 0 saturated heterocycles. The molecule has 4 nitrogen and oxygen atoms in total. The molecule has 0 aliphatic rings. The van der Waals surface area contributed by atoms with Crippen molar-refractivity contribution in [3.05, 3.63) is 53.9 Å². The standard InChI is InChI=1S/C17H22N2O2/c1-13(18)10-15-11-16(20-2)5-6-17(15)21-9-7-14-4-3-8-19-12-14/h3-6,8,11-13H,7,9-10,18H2,1-2H3. The van der Waals surface area contributed by atoms with Gasteiger partial charge in [-0.05, 0) is 48.7 Å². The predicted octanol–water partition coefficient (Wildman–Crippen LogP) is 2.60. The Morgan fingerprint density at radius 3 is 2.81 bits per heavy atom. The largest absolute Gasteiger partial charge is 0.497 e. The summed E-state index contributed by atoms with van der Waals surface area (Å²) in [5.74, 6) is 1.70. The maximum atomic E-state index is 5.90. The zero-order chi connectivity index (χ0) is 15.1. The lowest BCUT2D eigenvalue weighted by Crippen LogP contribution is -2.18. The van der Waals surface area contributed by atoms with E-state index in [1.54, 1.807) is 13.3 Å². The van der Waals surface area contributed by atoms with Gasteiger partial charge in [0.05, 0.1) is 13.7 Å². The van der Waals surface area contributed by atoms with E-state index in [1.165, 1.54) is 5.56 Å². The van der Waals surface area contributed by atoms with Crippen LogP contribution in [0.4, 0.5) is 0 Å². The van der Waals surface area contributed by atoms with Gasteiger partial charge in [-0.25, -0.2) is 0 Å². The summed E-state index contributed by atoms with van der Waals surface area (Å²) >= 11 is 0. The first kappa shape index (κ1) is 15.3. The van der Waals surface area contributed by atoms with Crippen LogP contribution in [0, 0.1) is 0 Å². The molecule has 0 amide bonds. The molecule has 0 fully saturated rings. The van der Waals surface area contributed by atoms with Gasteiger partial charge in [0.1, 0.15) is 11.5 Å². The minimum atomic E-state index is 0.0813. The minimum absolute atomic E-state index is 0.0813. The number of ether oxygens (including phenoxy) is 2. The molecule has 21 heavy (non-hydrogen) atoms. The van der Waals surface area contributed by atoms with Gasteiger partial charge < -0.3 is 15.2 Å². The van der Waals surface area contributed by atoms with E-state index < -0.39 is 0 Å². The first-order valence-electron chi connectivity index (χ1n) is 7.13. The molecule has 0 bridgehead atoms. The fourth-order valence-corrected chi connectivity index (χ4v) is 2.15. The van der Waals surface area contributed by atoms with Crippen molar-refractivity contribution in [1.82, 2.24) is 4.98 Å². The molecule has 1 atom stereocenters. The number of aromatic nitrogens is 1. The predicted molar refractivity (Wildman–Crippen MR) is 83.8 cm³/mol. The number of pyridine rings is 1. The topological polar surface area (TPSA) is 57.4 Å². The van der Waals surface area contributed by atoms with Gasteiger partial charge in [-0.1, -0.05) is 6.07 Å². The van der Waals surface area contributed by atoms with Gasteiger partial charge in [0.2, 0.25) is 0 Å². The zero-order valence-corrected chi connectivity index (χ0v) is 12.6. The number of nitrogens with two attached hydrogens (primary N) is 1. The Kier molecular flexibility index (Phi) is 5.58. The van der Waals surface area contributed by atoms with Crippen LogP contribution < -0.4 is 15.2 Å². The van der Waals surface area contributed by atoms with Crippen LogP contribution in [0.2, 0.25) is 0 Å². The third-order valence-electron chi connectivity index (χ3n) is 3.18. The maximum Gasteiger partial charge on any atom is 0.122 e. The number of rotatable bonds is 7. The van der Waals surface area contributed by atoms with E-state index in [0.29, 0.717) is 6.61 Å². The van der Waals surface area contributed by atoms with Gasteiger partial charge in [-0.3, -0.25) is 4.98 Å². The van der Waals surface area contributed by atoms with Gasteiger partial charge in [0, 0.05) is 24.9 Å². The second kappa shape index (κ2) is 7.64. The number of hydrogen-bond donors (Lipinski definition) is 1. The van der Waals surface area contributed by atoms with Crippen molar-refractivity contribution in [1.29, 1.82) is 0 Å². The summed E-state index contributed by atoms with van der Waals surface area (Å²) in [7, 11) is 1.66. The molecule has 4 heteroatoms. The number of benzene rings is 1. The monoisotopic (exact) mass is 286 g/mol. The molecule has 1 aromatic heterocycles. The number of methoxy groups -OCH3 is 1. The molecule has 2 rings (SSSR count). The van der Waals surface area contributed by atoms with Crippen LogP contribution in [0.3, 0.4) is 0 Å². The van der Waals surface area contributed by atoms with Gasteiger partial charge >= 0.3 is 0 Å². The third-order valence-corrected chi connectivity index (χ3v) is 3.18. The van der Waals surface area contributed by atoms with Gasteiger partial charge in [-0.15, -0.1) is 0 Å². The average molecular weight is 286 g/mol. The lowest BCUT2D eigenvalue weighted by Gasteiger charge is -2.14. The molecule has 1 unspecified atom stereocenters. The van der Waals surface area contributed by atoms with Crippen molar-refractivity contribution in [3.8, 4) is 11.5 Å². The van der Waals surface area contributed by atoms with E-state index in [0.717, 1.165) is 29.9 Å². The van der Waals surface area contributed by atoms with Gasteiger partial charge in [0.25, 0.3) is 0 Å². The van der Waals surface area contributed by atoms with Crippen LogP contribution in [0.1, 0.15) is 18.1 Å². The van der Waals surface area contributed by atoms with Crippen LogP contribution in [-0.2, 0) is 12.8 Å². The molecular weight excluding hydrogens is 264 g/mol. The third kappa shape index (κ3) is 4.76. The Bertz CT molecular complexity index is 556. The van der Waals surface area contributed by atoms with Crippen LogP contribution in [0.15, 0.2) is 42.7 Å². The Morgan fingerprint density at radius 2 is 2.14 bits per heavy atom. The van der Waals surface area contributed by atoms with Gasteiger partial charge in [0.15, 0.2) is 0 Å². The molecule has 0 aliphatic carbocycles. The summed E-state index contributed by atoms with van der Waals surface area (Å²) in [6.45, 7) is 2.60. The number of nitrogens with zero attached hydrogens (tertiary/aromatic N) is 1. The normalized spacial score (nSPS) is 12.0. The summed E-state index contributed by atoms with van der Waals surface area (Å²) in [5.41, 5.74) is 8.15. The first-order chi connectivity index (χ1) is 10.2. The Morgan fingerprint density at radius 1 is 1.29 bits per heavy atom. The van der Waals surface area contributed by atoms with Crippen molar-refractivity contribution in [2.24, 2.45) is 5.73 Å². The summed E-state index contributed by atoms with van der Waals surface area (Å²) in [6.07, 6.45) is 5.23. The van der Waals surface area contributed by atoms with E-state index in [9.17, 15) is 0 Å². The molecule has 2 N–H and O–H groups in total. The smallest absolute Gasteiger partial charge is 0.122 e. The van der Waals surface area contributed by atoms with Crippen molar-refractivity contribution >= 4 is 0 Å². The lowest BCUT2D eigenvalue weighted by molar-refractivity contribution is 0.316. The minimum Gasteiger partial charge on any atom is -0.497 e. The highest BCUT2D eigenvalue weighted by Gasteiger charge is 2.08. The molecule has 1 heterocycles. The second-order valence-corrected chi connectivity index (χ2v) is 5.11. The molecular formula is C17H22N2O2. The molecule has 1 aromatic carbocycles. The highest BCUT2D eigenvalue weighted by Crippen LogP contribution is 2.25. The Hall–Kier alpha value is -2.07. The molecule has 2 aromatic rings. The van der Waals surface area contributed by atoms with Crippen LogP contribution >= 0.6 is 0 Å². The van der Waals surface area contributed by atoms with Crippen LogP contribution in [0.5, 0.6) is 11.5 Å². The van der Waals surface area contributed by atoms with Crippen LogP contribution in [-0.4, -0.2) is 24.7 Å². The van der Waals surface area contributed by atoms with E-state index in [4.69, 9.17) is 15.2 Å². The highest BCUT2D eigenvalue weighted by molar-refractivity contribution is 5.40. The van der Waals surface area contributed by atoms with Crippen molar-refractivity contribution in [2.45, 2.75) is 25.8 Å². The van der Waals surface area contributed by atoms with Crippen molar-refractivity contribution < 1.29 is 9.47 Å².